The lowest BCUT2D eigenvalue weighted by Crippen LogP contribution is -2.45. The predicted octanol–water partition coefficient (Wildman–Crippen LogP) is 4.03. The molecule has 1 aliphatic rings. The van der Waals surface area contributed by atoms with Gasteiger partial charge in [-0.1, -0.05) is 30.2 Å². The monoisotopic (exact) mass is 411 g/mol. The second-order valence-corrected chi connectivity index (χ2v) is 7.50. The van der Waals surface area contributed by atoms with Gasteiger partial charge in [-0.05, 0) is 55.7 Å². The van der Waals surface area contributed by atoms with Crippen molar-refractivity contribution < 1.29 is 14.3 Å². The molecule has 2 amide bonds. The van der Waals surface area contributed by atoms with E-state index in [1.807, 2.05) is 6.07 Å². The standard InChI is InChI=1S/C22H22ClN3O3/c1-14(25-22(28)17-6-3-7-17)21(27)26-18-8-9-20(19(23)11-18)29-13-16-5-2-4-15(10-16)12-24/h2,4-5,8-11,14,17H,3,6-7,13H2,1H3,(H,25,28)(H,26,27). The number of ether oxygens (including phenoxy) is 1. The highest BCUT2D eigenvalue weighted by Gasteiger charge is 2.27. The first-order valence-corrected chi connectivity index (χ1v) is 9.86. The molecule has 2 aromatic carbocycles. The van der Waals surface area contributed by atoms with Crippen LogP contribution >= 0.6 is 11.6 Å². The van der Waals surface area contributed by atoms with Crippen LogP contribution in [-0.4, -0.2) is 17.9 Å². The van der Waals surface area contributed by atoms with Gasteiger partial charge in [-0.25, -0.2) is 0 Å². The van der Waals surface area contributed by atoms with Crippen molar-refractivity contribution >= 4 is 29.1 Å². The maximum atomic E-state index is 12.3. The SMILES string of the molecule is CC(NC(=O)C1CCC1)C(=O)Nc1ccc(OCc2cccc(C#N)c2)c(Cl)c1. The van der Waals surface area contributed by atoms with Crippen molar-refractivity contribution in [2.24, 2.45) is 5.92 Å². The quantitative estimate of drug-likeness (QED) is 0.719. The van der Waals surface area contributed by atoms with Crippen LogP contribution in [0.3, 0.4) is 0 Å². The van der Waals surface area contributed by atoms with Crippen LogP contribution in [0.25, 0.3) is 0 Å². The van der Waals surface area contributed by atoms with Crippen LogP contribution in [0.4, 0.5) is 5.69 Å². The van der Waals surface area contributed by atoms with Gasteiger partial charge in [0.2, 0.25) is 11.8 Å². The van der Waals surface area contributed by atoms with E-state index in [1.54, 1.807) is 43.3 Å². The van der Waals surface area contributed by atoms with Gasteiger partial charge < -0.3 is 15.4 Å². The molecule has 7 heteroatoms. The number of carbonyl (C=O) groups is 2. The van der Waals surface area contributed by atoms with E-state index in [1.165, 1.54) is 0 Å². The minimum absolute atomic E-state index is 0.0324. The highest BCUT2D eigenvalue weighted by Crippen LogP contribution is 2.29. The van der Waals surface area contributed by atoms with E-state index in [0.29, 0.717) is 22.0 Å². The highest BCUT2D eigenvalue weighted by atomic mass is 35.5. The first kappa shape index (κ1) is 20.7. The molecular weight excluding hydrogens is 390 g/mol. The van der Waals surface area contributed by atoms with Gasteiger partial charge >= 0.3 is 0 Å². The van der Waals surface area contributed by atoms with E-state index in [4.69, 9.17) is 21.6 Å². The number of anilines is 1. The molecule has 29 heavy (non-hydrogen) atoms. The fraction of sp³-hybridized carbons (Fsp3) is 0.318. The second-order valence-electron chi connectivity index (χ2n) is 7.09. The third-order valence-electron chi connectivity index (χ3n) is 4.88. The van der Waals surface area contributed by atoms with Crippen molar-refractivity contribution in [3.63, 3.8) is 0 Å². The summed E-state index contributed by atoms with van der Waals surface area (Å²) < 4.78 is 5.72. The molecule has 0 bridgehead atoms. The summed E-state index contributed by atoms with van der Waals surface area (Å²) in [5, 5.41) is 14.8. The maximum absolute atomic E-state index is 12.3. The van der Waals surface area contributed by atoms with Gasteiger partial charge in [-0.15, -0.1) is 0 Å². The summed E-state index contributed by atoms with van der Waals surface area (Å²) in [5.41, 5.74) is 1.94. The average molecular weight is 412 g/mol. The molecular formula is C22H22ClN3O3. The lowest BCUT2D eigenvalue weighted by molar-refractivity contribution is -0.130. The van der Waals surface area contributed by atoms with Crippen LogP contribution in [0.15, 0.2) is 42.5 Å². The Balaban J connectivity index is 1.55. The van der Waals surface area contributed by atoms with E-state index in [9.17, 15) is 9.59 Å². The molecule has 0 aromatic heterocycles. The number of halogens is 1. The molecule has 1 unspecified atom stereocenters. The van der Waals surface area contributed by atoms with Gasteiger partial charge in [0.15, 0.2) is 0 Å². The van der Waals surface area contributed by atoms with Crippen LogP contribution in [0, 0.1) is 17.2 Å². The van der Waals surface area contributed by atoms with Gasteiger partial charge in [0.25, 0.3) is 0 Å². The molecule has 1 aliphatic carbocycles. The van der Waals surface area contributed by atoms with E-state index in [2.05, 4.69) is 16.7 Å². The number of hydrogen-bond donors (Lipinski definition) is 2. The third-order valence-corrected chi connectivity index (χ3v) is 5.17. The molecule has 150 valence electrons. The Morgan fingerprint density at radius 3 is 2.72 bits per heavy atom. The number of nitrogens with one attached hydrogen (secondary N) is 2. The Hall–Kier alpha value is -3.04. The number of benzene rings is 2. The summed E-state index contributed by atoms with van der Waals surface area (Å²) in [4.78, 5) is 24.3. The Morgan fingerprint density at radius 1 is 1.28 bits per heavy atom. The van der Waals surface area contributed by atoms with Gasteiger partial charge in [-0.2, -0.15) is 5.26 Å². The zero-order chi connectivity index (χ0) is 20.8. The van der Waals surface area contributed by atoms with Crippen molar-refractivity contribution in [1.82, 2.24) is 5.32 Å². The van der Waals surface area contributed by atoms with Gasteiger partial charge in [0.05, 0.1) is 16.7 Å². The van der Waals surface area contributed by atoms with Gasteiger partial charge in [0.1, 0.15) is 18.4 Å². The normalized spacial score (nSPS) is 14.2. The first-order valence-electron chi connectivity index (χ1n) is 9.49. The molecule has 2 aromatic rings. The highest BCUT2D eigenvalue weighted by molar-refractivity contribution is 6.32. The summed E-state index contributed by atoms with van der Waals surface area (Å²) in [5.74, 6) is 0.125. The van der Waals surface area contributed by atoms with Crippen LogP contribution in [0.1, 0.15) is 37.3 Å². The van der Waals surface area contributed by atoms with Crippen LogP contribution in [-0.2, 0) is 16.2 Å². The number of rotatable bonds is 7. The molecule has 0 aliphatic heterocycles. The smallest absolute Gasteiger partial charge is 0.246 e. The molecule has 1 atom stereocenters. The van der Waals surface area contributed by atoms with Crippen molar-refractivity contribution in [3.8, 4) is 11.8 Å². The summed E-state index contributed by atoms with van der Waals surface area (Å²) in [6.45, 7) is 1.92. The Labute approximate surface area is 174 Å². The number of carbonyl (C=O) groups excluding carboxylic acids is 2. The largest absolute Gasteiger partial charge is 0.487 e. The lowest BCUT2D eigenvalue weighted by Gasteiger charge is -2.25. The van der Waals surface area contributed by atoms with E-state index < -0.39 is 6.04 Å². The van der Waals surface area contributed by atoms with E-state index >= 15 is 0 Å². The first-order chi connectivity index (χ1) is 14.0. The molecule has 0 spiro atoms. The second kappa shape index (κ2) is 9.44. The summed E-state index contributed by atoms with van der Waals surface area (Å²) in [6, 6.07) is 13.5. The molecule has 1 fully saturated rings. The molecule has 0 radical (unpaired) electrons. The summed E-state index contributed by atoms with van der Waals surface area (Å²) >= 11 is 6.27. The molecule has 1 saturated carbocycles. The summed E-state index contributed by atoms with van der Waals surface area (Å²) in [6.07, 6.45) is 2.84. The number of hydrogen-bond acceptors (Lipinski definition) is 4. The van der Waals surface area contributed by atoms with Crippen molar-refractivity contribution in [3.05, 3.63) is 58.6 Å². The predicted molar refractivity (Wildman–Crippen MR) is 111 cm³/mol. The Morgan fingerprint density at radius 2 is 2.07 bits per heavy atom. The van der Waals surface area contributed by atoms with E-state index in [-0.39, 0.29) is 24.3 Å². The number of amides is 2. The van der Waals surface area contributed by atoms with Crippen LogP contribution in [0.2, 0.25) is 5.02 Å². The maximum Gasteiger partial charge on any atom is 0.246 e. The Kier molecular flexibility index (Phi) is 6.73. The van der Waals surface area contributed by atoms with Crippen molar-refractivity contribution in [1.29, 1.82) is 5.26 Å². The number of nitrogens with zero attached hydrogens (tertiary/aromatic N) is 1. The molecule has 6 nitrogen and oxygen atoms in total. The zero-order valence-electron chi connectivity index (χ0n) is 16.1. The lowest BCUT2D eigenvalue weighted by atomic mass is 9.84. The van der Waals surface area contributed by atoms with Crippen LogP contribution < -0.4 is 15.4 Å². The average Bonchev–Trinajstić information content (AvgIpc) is 2.66. The van der Waals surface area contributed by atoms with Gasteiger partial charge in [0, 0.05) is 11.6 Å². The van der Waals surface area contributed by atoms with Crippen molar-refractivity contribution in [2.75, 3.05) is 5.32 Å². The van der Waals surface area contributed by atoms with Gasteiger partial charge in [-0.3, -0.25) is 9.59 Å². The molecule has 3 rings (SSSR count). The zero-order valence-corrected chi connectivity index (χ0v) is 16.8. The minimum atomic E-state index is -0.634. The molecule has 0 heterocycles. The fourth-order valence-corrected chi connectivity index (χ4v) is 3.14. The van der Waals surface area contributed by atoms with E-state index in [0.717, 1.165) is 24.8 Å². The Bertz CT molecular complexity index is 951. The van der Waals surface area contributed by atoms with Crippen molar-refractivity contribution in [2.45, 2.75) is 38.8 Å². The third kappa shape index (κ3) is 5.49. The summed E-state index contributed by atoms with van der Waals surface area (Å²) in [7, 11) is 0. The molecule has 0 saturated heterocycles. The topological polar surface area (TPSA) is 91.2 Å². The molecule has 2 N–H and O–H groups in total. The number of nitriles is 1. The van der Waals surface area contributed by atoms with Crippen LogP contribution in [0.5, 0.6) is 5.75 Å². The fourth-order valence-electron chi connectivity index (χ4n) is 2.91. The minimum Gasteiger partial charge on any atom is -0.487 e.